The molecule has 0 unspecified atom stereocenters. The van der Waals surface area contributed by atoms with Gasteiger partial charge in [-0.25, -0.2) is 4.79 Å². The van der Waals surface area contributed by atoms with Crippen LogP contribution in [0.4, 0.5) is 10.5 Å². The lowest BCUT2D eigenvalue weighted by Gasteiger charge is -2.12. The molecule has 1 rings (SSSR count). The number of carbonyl (C=O) groups is 1. The molecule has 0 aromatic heterocycles. The van der Waals surface area contributed by atoms with Gasteiger partial charge < -0.3 is 16.2 Å². The van der Waals surface area contributed by atoms with Gasteiger partial charge in [-0.2, -0.15) is 0 Å². The Balaban J connectivity index is 0.00000289. The van der Waals surface area contributed by atoms with Gasteiger partial charge in [0, 0.05) is 12.6 Å². The summed E-state index contributed by atoms with van der Waals surface area (Å²) in [5, 5.41) is 14.1. The highest BCUT2D eigenvalue weighted by Crippen LogP contribution is 2.20. The summed E-state index contributed by atoms with van der Waals surface area (Å²) in [6, 6.07) is 4.90. The van der Waals surface area contributed by atoms with Gasteiger partial charge in [-0.15, -0.1) is 12.4 Å². The molecule has 0 saturated carbocycles. The number of nitrogens with zero attached hydrogens (tertiary/aromatic N) is 1. The second kappa shape index (κ2) is 7.52. The molecule has 0 radical (unpaired) electrons. The third-order valence-electron chi connectivity index (χ3n) is 2.25. The summed E-state index contributed by atoms with van der Waals surface area (Å²) >= 11 is 0. The molecule has 0 heterocycles. The number of aliphatic imine (C=N–C) groups is 1. The molecule has 7 heteroatoms. The maximum Gasteiger partial charge on any atom is 0.326 e. The normalized spacial score (nSPS) is 10.5. The largest absolute Gasteiger partial charge is 0.392 e. The number of halogens is 1. The van der Waals surface area contributed by atoms with Crippen LogP contribution < -0.4 is 16.4 Å². The number of aliphatic hydroxyl groups is 1. The molecule has 18 heavy (non-hydrogen) atoms. The monoisotopic (exact) mass is 272 g/mol. The van der Waals surface area contributed by atoms with Gasteiger partial charge in [-0.1, -0.05) is 18.2 Å². The molecule has 100 valence electrons. The second-order valence-corrected chi connectivity index (χ2v) is 3.46. The number of nitrogens with two attached hydrogens (primary N) is 1. The molecule has 0 fully saturated rings. The average Bonchev–Trinajstić information content (AvgIpc) is 2.31. The predicted molar refractivity (Wildman–Crippen MR) is 74.1 cm³/mol. The van der Waals surface area contributed by atoms with Crippen molar-refractivity contribution in [1.29, 1.82) is 0 Å². The number of hydrogen-bond donors (Lipinski definition) is 4. The average molecular weight is 273 g/mol. The number of guanidine groups is 1. The zero-order valence-electron chi connectivity index (χ0n) is 10.2. The van der Waals surface area contributed by atoms with Gasteiger partial charge in [0.15, 0.2) is 5.96 Å². The number of rotatable bonds is 2. The Labute approximate surface area is 112 Å². The zero-order chi connectivity index (χ0) is 12.8. The van der Waals surface area contributed by atoms with Gasteiger partial charge in [-0.3, -0.25) is 10.3 Å². The smallest absolute Gasteiger partial charge is 0.326 e. The van der Waals surface area contributed by atoms with Crippen LogP contribution in [0.25, 0.3) is 0 Å². The molecular formula is C11H17ClN4O2. The molecule has 0 aliphatic carbocycles. The van der Waals surface area contributed by atoms with Crippen LogP contribution in [0, 0.1) is 6.92 Å². The lowest BCUT2D eigenvalue weighted by Crippen LogP contribution is -2.39. The Kier molecular flexibility index (Phi) is 6.77. The SMILES string of the molecule is CN=C(N)NC(=O)Nc1c(C)cccc1CO.Cl. The fraction of sp³-hybridized carbons (Fsp3) is 0.273. The highest BCUT2D eigenvalue weighted by Gasteiger charge is 2.09. The van der Waals surface area contributed by atoms with Crippen molar-refractivity contribution in [3.8, 4) is 0 Å². The summed E-state index contributed by atoms with van der Waals surface area (Å²) in [5.41, 5.74) is 7.45. The first-order valence-corrected chi connectivity index (χ1v) is 5.08. The van der Waals surface area contributed by atoms with Crippen molar-refractivity contribution < 1.29 is 9.90 Å². The maximum atomic E-state index is 11.5. The lowest BCUT2D eigenvalue weighted by atomic mass is 10.1. The fourth-order valence-electron chi connectivity index (χ4n) is 1.36. The summed E-state index contributed by atoms with van der Waals surface area (Å²) in [6.07, 6.45) is 0. The number of amides is 2. The van der Waals surface area contributed by atoms with Crippen LogP contribution in [0.15, 0.2) is 23.2 Å². The van der Waals surface area contributed by atoms with Crippen molar-refractivity contribution in [1.82, 2.24) is 5.32 Å². The fourth-order valence-corrected chi connectivity index (χ4v) is 1.36. The third-order valence-corrected chi connectivity index (χ3v) is 2.25. The Bertz CT molecular complexity index is 449. The minimum Gasteiger partial charge on any atom is -0.392 e. The quantitative estimate of drug-likeness (QED) is 0.477. The van der Waals surface area contributed by atoms with Crippen molar-refractivity contribution in [2.24, 2.45) is 10.7 Å². The summed E-state index contributed by atoms with van der Waals surface area (Å²) in [5.74, 6) is 0.0293. The zero-order valence-corrected chi connectivity index (χ0v) is 11.0. The van der Waals surface area contributed by atoms with Crippen LogP contribution in [0.5, 0.6) is 0 Å². The van der Waals surface area contributed by atoms with E-state index in [0.717, 1.165) is 5.56 Å². The molecule has 0 bridgehead atoms. The molecule has 1 aromatic carbocycles. The van der Waals surface area contributed by atoms with E-state index in [1.165, 1.54) is 7.05 Å². The van der Waals surface area contributed by atoms with Gasteiger partial charge >= 0.3 is 6.03 Å². The Hall–Kier alpha value is -1.79. The van der Waals surface area contributed by atoms with E-state index >= 15 is 0 Å². The standard InChI is InChI=1S/C11H16N4O2.ClH/c1-7-4-3-5-8(6-16)9(7)14-11(17)15-10(12)13-2;/h3-5,16H,6H2,1-2H3,(H4,12,13,14,15,17);1H. The second-order valence-electron chi connectivity index (χ2n) is 3.46. The maximum absolute atomic E-state index is 11.5. The van der Waals surface area contributed by atoms with Crippen molar-refractivity contribution in [2.75, 3.05) is 12.4 Å². The number of para-hydroxylation sites is 1. The summed E-state index contributed by atoms with van der Waals surface area (Å²) in [4.78, 5) is 15.1. The van der Waals surface area contributed by atoms with Crippen LogP contribution >= 0.6 is 12.4 Å². The molecule has 6 nitrogen and oxygen atoms in total. The number of carbonyl (C=O) groups excluding carboxylic acids is 1. The van der Waals surface area contributed by atoms with Gasteiger partial charge in [0.2, 0.25) is 0 Å². The van der Waals surface area contributed by atoms with Gasteiger partial charge in [-0.05, 0) is 12.5 Å². The molecule has 5 N–H and O–H groups in total. The van der Waals surface area contributed by atoms with Gasteiger partial charge in [0.25, 0.3) is 0 Å². The summed E-state index contributed by atoms with van der Waals surface area (Å²) < 4.78 is 0. The van der Waals surface area contributed by atoms with E-state index in [4.69, 9.17) is 10.8 Å². The van der Waals surface area contributed by atoms with Crippen LogP contribution in [-0.4, -0.2) is 24.1 Å². The number of urea groups is 1. The molecule has 0 aliphatic heterocycles. The number of benzene rings is 1. The molecule has 0 aliphatic rings. The molecule has 0 atom stereocenters. The lowest BCUT2D eigenvalue weighted by molar-refractivity contribution is 0.255. The van der Waals surface area contributed by atoms with Crippen molar-refractivity contribution in [2.45, 2.75) is 13.5 Å². The molecule has 0 saturated heterocycles. The van der Waals surface area contributed by atoms with E-state index < -0.39 is 6.03 Å². The van der Waals surface area contributed by atoms with Gasteiger partial charge in [0.05, 0.1) is 12.3 Å². The highest BCUT2D eigenvalue weighted by molar-refractivity contribution is 6.02. The minimum atomic E-state index is -0.489. The molecule has 1 aromatic rings. The number of anilines is 1. The predicted octanol–water partition coefficient (Wildman–Crippen LogP) is 0.975. The van der Waals surface area contributed by atoms with E-state index in [9.17, 15) is 4.79 Å². The van der Waals surface area contributed by atoms with Crippen LogP contribution in [-0.2, 0) is 6.61 Å². The first-order valence-electron chi connectivity index (χ1n) is 5.08. The van der Waals surface area contributed by atoms with Gasteiger partial charge in [0.1, 0.15) is 0 Å². The first kappa shape index (κ1) is 16.2. The summed E-state index contributed by atoms with van der Waals surface area (Å²) in [7, 11) is 1.47. The minimum absolute atomic E-state index is 0. The third kappa shape index (κ3) is 4.23. The van der Waals surface area contributed by atoms with E-state index in [2.05, 4.69) is 15.6 Å². The topological polar surface area (TPSA) is 99.7 Å². The van der Waals surface area contributed by atoms with Crippen molar-refractivity contribution in [3.63, 3.8) is 0 Å². The van der Waals surface area contributed by atoms with Crippen molar-refractivity contribution >= 4 is 30.1 Å². The van der Waals surface area contributed by atoms with E-state index in [-0.39, 0.29) is 25.0 Å². The Morgan fingerprint density at radius 2 is 2.17 bits per heavy atom. The Morgan fingerprint density at radius 1 is 1.50 bits per heavy atom. The van der Waals surface area contributed by atoms with Crippen molar-refractivity contribution in [3.05, 3.63) is 29.3 Å². The van der Waals surface area contributed by atoms with E-state index in [1.807, 2.05) is 19.1 Å². The van der Waals surface area contributed by atoms with Crippen LogP contribution in [0.1, 0.15) is 11.1 Å². The molecular weight excluding hydrogens is 256 g/mol. The first-order chi connectivity index (χ1) is 8.08. The van der Waals surface area contributed by atoms with E-state index in [1.54, 1.807) is 6.07 Å². The number of nitrogens with one attached hydrogen (secondary N) is 2. The van der Waals surface area contributed by atoms with Crippen LogP contribution in [0.3, 0.4) is 0 Å². The number of hydrogen-bond acceptors (Lipinski definition) is 3. The number of aryl methyl sites for hydroxylation is 1. The van der Waals surface area contributed by atoms with E-state index in [0.29, 0.717) is 11.3 Å². The highest BCUT2D eigenvalue weighted by atomic mass is 35.5. The van der Waals surface area contributed by atoms with Crippen LogP contribution in [0.2, 0.25) is 0 Å². The Morgan fingerprint density at radius 3 is 2.72 bits per heavy atom. The summed E-state index contributed by atoms with van der Waals surface area (Å²) in [6.45, 7) is 1.70. The number of aliphatic hydroxyl groups excluding tert-OH is 1. The molecule has 0 spiro atoms. The molecule has 2 amide bonds.